The number of carbonyl (C=O) groups is 1. The Kier molecular flexibility index (Phi) is 4.07. The van der Waals surface area contributed by atoms with Crippen LogP contribution in [0.2, 0.25) is 0 Å². The number of phenolic OH excluding ortho intramolecular Hbond substituents is 1. The molecule has 2 N–H and O–H groups in total. The molecule has 0 spiro atoms. The topological polar surface area (TPSA) is 102 Å². The number of nitro benzene ring substituents is 1. The molecule has 0 saturated carbocycles. The van der Waals surface area contributed by atoms with Crippen molar-refractivity contribution in [3.63, 3.8) is 0 Å². The van der Waals surface area contributed by atoms with Crippen LogP contribution in [-0.4, -0.2) is 23.1 Å². The van der Waals surface area contributed by atoms with Gasteiger partial charge < -0.3 is 15.2 Å². The second kappa shape index (κ2) is 6.42. The van der Waals surface area contributed by atoms with Gasteiger partial charge >= 0.3 is 5.97 Å². The van der Waals surface area contributed by atoms with Crippen LogP contribution in [0.4, 0.5) is 11.4 Å². The van der Waals surface area contributed by atoms with Crippen molar-refractivity contribution in [3.8, 4) is 5.75 Å². The van der Waals surface area contributed by atoms with E-state index in [0.717, 1.165) is 12.0 Å². The number of phenols is 1. The number of methoxy groups -OCH3 is 1. The van der Waals surface area contributed by atoms with Crippen LogP contribution in [0.15, 0.2) is 48.6 Å². The molecule has 0 bridgehead atoms. The lowest BCUT2D eigenvalue weighted by molar-refractivity contribution is -0.385. The Hall–Kier alpha value is -3.35. The maximum Gasteiger partial charge on any atom is 0.339 e. The first-order valence-corrected chi connectivity index (χ1v) is 8.63. The van der Waals surface area contributed by atoms with E-state index in [0.29, 0.717) is 16.8 Å². The van der Waals surface area contributed by atoms with Gasteiger partial charge in [0.25, 0.3) is 5.69 Å². The number of carbonyl (C=O) groups excluding carboxylic acids is 1. The number of hydrogen-bond donors (Lipinski definition) is 2. The molecular weight excluding hydrogens is 348 g/mol. The Morgan fingerprint density at radius 3 is 2.85 bits per heavy atom. The van der Waals surface area contributed by atoms with E-state index in [1.54, 1.807) is 6.07 Å². The van der Waals surface area contributed by atoms with E-state index in [4.69, 9.17) is 4.74 Å². The van der Waals surface area contributed by atoms with Crippen LogP contribution in [0.3, 0.4) is 0 Å². The number of nitro groups is 1. The smallest absolute Gasteiger partial charge is 0.339 e. The highest BCUT2D eigenvalue weighted by Gasteiger charge is 2.40. The molecule has 138 valence electrons. The molecule has 1 aliphatic heterocycles. The van der Waals surface area contributed by atoms with Crippen molar-refractivity contribution in [2.75, 3.05) is 12.4 Å². The van der Waals surface area contributed by atoms with Crippen molar-refractivity contribution in [2.24, 2.45) is 5.92 Å². The molecule has 2 aromatic rings. The highest BCUT2D eigenvalue weighted by atomic mass is 16.6. The summed E-state index contributed by atoms with van der Waals surface area (Å²) in [6.07, 6.45) is 4.93. The minimum absolute atomic E-state index is 0.0113. The quantitative estimate of drug-likeness (QED) is 0.370. The number of aromatic hydroxyl groups is 1. The van der Waals surface area contributed by atoms with Crippen LogP contribution in [-0.2, 0) is 4.74 Å². The van der Waals surface area contributed by atoms with Crippen molar-refractivity contribution in [2.45, 2.75) is 18.4 Å². The molecule has 4 rings (SSSR count). The number of non-ortho nitro benzene ring substituents is 1. The summed E-state index contributed by atoms with van der Waals surface area (Å²) in [5.74, 6) is -0.336. The zero-order valence-corrected chi connectivity index (χ0v) is 14.6. The normalized spacial score (nSPS) is 22.5. The van der Waals surface area contributed by atoms with Crippen LogP contribution < -0.4 is 5.32 Å². The standard InChI is InChI=1S/C20H18N2O5/c1-27-20(24)15-7-3-6-13-12-4-2-5-14(12)19(21-18(13)15)16-10-11(22(25)26)8-9-17(16)23/h2-4,6-10,12,14,19,21,23H,5H2,1H3. The first kappa shape index (κ1) is 17.1. The summed E-state index contributed by atoms with van der Waals surface area (Å²) < 4.78 is 4.89. The fourth-order valence-corrected chi connectivity index (χ4v) is 4.11. The van der Waals surface area contributed by atoms with Gasteiger partial charge in [-0.3, -0.25) is 10.1 Å². The summed E-state index contributed by atoms with van der Waals surface area (Å²) in [7, 11) is 1.33. The van der Waals surface area contributed by atoms with Gasteiger partial charge in [0.15, 0.2) is 0 Å². The van der Waals surface area contributed by atoms with Gasteiger partial charge in [-0.2, -0.15) is 0 Å². The van der Waals surface area contributed by atoms with Crippen molar-refractivity contribution in [1.82, 2.24) is 0 Å². The average Bonchev–Trinajstić information content (AvgIpc) is 3.16. The fourth-order valence-electron chi connectivity index (χ4n) is 4.11. The molecule has 27 heavy (non-hydrogen) atoms. The number of hydrogen-bond acceptors (Lipinski definition) is 6. The maximum atomic E-state index is 12.2. The van der Waals surface area contributed by atoms with Crippen molar-refractivity contribution < 1.29 is 19.6 Å². The van der Waals surface area contributed by atoms with Gasteiger partial charge in [0.2, 0.25) is 0 Å². The molecule has 2 aliphatic rings. The van der Waals surface area contributed by atoms with E-state index in [2.05, 4.69) is 17.5 Å². The SMILES string of the molecule is COC(=O)c1cccc2c1NC(c1cc([N+](=O)[O-])ccc1O)C1CC=CC21. The molecule has 1 aliphatic carbocycles. The van der Waals surface area contributed by atoms with Gasteiger partial charge in [0.1, 0.15) is 5.75 Å². The molecule has 0 fully saturated rings. The van der Waals surface area contributed by atoms with Gasteiger partial charge in [-0.25, -0.2) is 4.79 Å². The largest absolute Gasteiger partial charge is 0.508 e. The molecule has 1 heterocycles. The predicted molar refractivity (Wildman–Crippen MR) is 98.9 cm³/mol. The van der Waals surface area contributed by atoms with Crippen LogP contribution in [0.25, 0.3) is 0 Å². The third-order valence-corrected chi connectivity index (χ3v) is 5.36. The molecule has 0 amide bonds. The second-order valence-electron chi connectivity index (χ2n) is 6.74. The monoisotopic (exact) mass is 366 g/mol. The minimum atomic E-state index is -0.482. The Labute approximate surface area is 155 Å². The molecule has 3 atom stereocenters. The molecule has 3 unspecified atom stereocenters. The Morgan fingerprint density at radius 1 is 1.30 bits per heavy atom. The van der Waals surface area contributed by atoms with E-state index >= 15 is 0 Å². The van der Waals surface area contributed by atoms with E-state index in [1.165, 1.54) is 25.3 Å². The number of allylic oxidation sites excluding steroid dienone is 2. The van der Waals surface area contributed by atoms with Crippen molar-refractivity contribution >= 4 is 17.3 Å². The summed E-state index contributed by atoms with van der Waals surface area (Å²) in [6.45, 7) is 0. The molecule has 0 aromatic heterocycles. The first-order valence-electron chi connectivity index (χ1n) is 8.63. The Balaban J connectivity index is 1.85. The average molecular weight is 366 g/mol. The van der Waals surface area contributed by atoms with Crippen LogP contribution >= 0.6 is 0 Å². The number of benzene rings is 2. The number of fused-ring (bicyclic) bond motifs is 3. The van der Waals surface area contributed by atoms with Gasteiger partial charge in [-0.1, -0.05) is 24.3 Å². The molecule has 2 aromatic carbocycles. The predicted octanol–water partition coefficient (Wildman–Crippen LogP) is 3.91. The number of anilines is 1. The highest BCUT2D eigenvalue weighted by molar-refractivity contribution is 5.97. The van der Waals surface area contributed by atoms with Crippen LogP contribution in [0.5, 0.6) is 5.75 Å². The van der Waals surface area contributed by atoms with Gasteiger partial charge in [-0.05, 0) is 30.0 Å². The number of nitrogens with zero attached hydrogens (tertiary/aromatic N) is 1. The third kappa shape index (κ3) is 2.71. The summed E-state index contributed by atoms with van der Waals surface area (Å²) in [6, 6.07) is 9.11. The summed E-state index contributed by atoms with van der Waals surface area (Å²) >= 11 is 0. The summed E-state index contributed by atoms with van der Waals surface area (Å²) in [5, 5.41) is 24.9. The van der Waals surface area contributed by atoms with Gasteiger partial charge in [0.05, 0.1) is 29.3 Å². The number of rotatable bonds is 3. The highest BCUT2D eigenvalue weighted by Crippen LogP contribution is 2.52. The minimum Gasteiger partial charge on any atom is -0.508 e. The number of para-hydroxylation sites is 1. The van der Waals surface area contributed by atoms with Crippen LogP contribution in [0, 0.1) is 16.0 Å². The van der Waals surface area contributed by atoms with E-state index in [1.807, 2.05) is 12.1 Å². The van der Waals surface area contributed by atoms with Gasteiger partial charge in [-0.15, -0.1) is 0 Å². The van der Waals surface area contributed by atoms with Crippen molar-refractivity contribution in [3.05, 3.63) is 75.4 Å². The fraction of sp³-hybridized carbons (Fsp3) is 0.250. The first-order chi connectivity index (χ1) is 13.0. The lowest BCUT2D eigenvalue weighted by atomic mass is 9.76. The summed E-state index contributed by atoms with van der Waals surface area (Å²) in [5.41, 5.74) is 2.40. The molecule has 7 heteroatoms. The van der Waals surface area contributed by atoms with Gasteiger partial charge in [0, 0.05) is 23.6 Å². The Bertz CT molecular complexity index is 969. The second-order valence-corrected chi connectivity index (χ2v) is 6.74. The Morgan fingerprint density at radius 2 is 2.11 bits per heavy atom. The van der Waals surface area contributed by atoms with E-state index in [9.17, 15) is 20.0 Å². The third-order valence-electron chi connectivity index (χ3n) is 5.36. The molecule has 7 nitrogen and oxygen atoms in total. The number of ether oxygens (including phenoxy) is 1. The maximum absolute atomic E-state index is 12.2. The van der Waals surface area contributed by atoms with Crippen LogP contribution in [0.1, 0.15) is 39.9 Å². The lowest BCUT2D eigenvalue weighted by Gasteiger charge is -2.38. The zero-order valence-electron chi connectivity index (χ0n) is 14.6. The molecular formula is C20H18N2O5. The summed E-state index contributed by atoms with van der Waals surface area (Å²) in [4.78, 5) is 22.9. The zero-order chi connectivity index (χ0) is 19.1. The van der Waals surface area contributed by atoms with E-state index in [-0.39, 0.29) is 29.3 Å². The lowest BCUT2D eigenvalue weighted by Crippen LogP contribution is -2.30. The molecule has 0 saturated heterocycles. The van der Waals surface area contributed by atoms with E-state index < -0.39 is 10.9 Å². The number of nitrogens with one attached hydrogen (secondary N) is 1. The van der Waals surface area contributed by atoms with Crippen molar-refractivity contribution in [1.29, 1.82) is 0 Å². The molecule has 0 radical (unpaired) electrons. The number of esters is 1.